The van der Waals surface area contributed by atoms with Crippen molar-refractivity contribution in [2.75, 3.05) is 0 Å². The summed E-state index contributed by atoms with van der Waals surface area (Å²) in [7, 11) is 0. The van der Waals surface area contributed by atoms with E-state index < -0.39 is 40.2 Å². The molecule has 1 rings (SSSR count). The molecule has 1 aromatic carbocycles. The Balaban J connectivity index is 2.93. The van der Waals surface area contributed by atoms with E-state index in [1.54, 1.807) is 20.8 Å². The van der Waals surface area contributed by atoms with E-state index in [0.717, 1.165) is 6.07 Å². The van der Waals surface area contributed by atoms with Gasteiger partial charge in [0.15, 0.2) is 0 Å². The van der Waals surface area contributed by atoms with Crippen LogP contribution in [0.15, 0.2) is 18.2 Å². The lowest BCUT2D eigenvalue weighted by Crippen LogP contribution is -2.45. The van der Waals surface area contributed by atoms with Crippen LogP contribution < -0.4 is 9.46 Å². The van der Waals surface area contributed by atoms with Crippen LogP contribution in [0.1, 0.15) is 39.2 Å². The van der Waals surface area contributed by atoms with Crippen molar-refractivity contribution in [2.24, 2.45) is 0 Å². The molecule has 0 radical (unpaired) electrons. The average Bonchev–Trinajstić information content (AvgIpc) is 2.43. The third-order valence-corrected chi connectivity index (χ3v) is 5.31. The summed E-state index contributed by atoms with van der Waals surface area (Å²) in [6.07, 6.45) is -5.06. The lowest BCUT2D eigenvalue weighted by atomic mass is 10.0. The van der Waals surface area contributed by atoms with Crippen molar-refractivity contribution in [3.63, 3.8) is 0 Å². The third-order valence-electron chi connectivity index (χ3n) is 3.30. The van der Waals surface area contributed by atoms with Crippen LogP contribution in [0, 0.1) is 0 Å². The number of halogens is 4. The van der Waals surface area contributed by atoms with Crippen molar-refractivity contribution < 1.29 is 32.4 Å². The van der Waals surface area contributed by atoms with Crippen LogP contribution in [0.4, 0.5) is 13.2 Å². The van der Waals surface area contributed by atoms with E-state index in [9.17, 15) is 22.5 Å². The Hall–Kier alpha value is -1.16. The van der Waals surface area contributed by atoms with Crippen LogP contribution in [0.25, 0.3) is 0 Å². The van der Waals surface area contributed by atoms with Crippen LogP contribution >= 0.6 is 11.6 Å². The molecule has 1 aromatic rings. The van der Waals surface area contributed by atoms with Gasteiger partial charge in [-0.1, -0.05) is 17.7 Å². The maximum atomic E-state index is 12.5. The summed E-state index contributed by atoms with van der Waals surface area (Å²) in [5, 5.41) is 9.10. The molecule has 0 bridgehead atoms. The second-order valence-corrected chi connectivity index (χ2v) is 9.00. The zero-order valence-electron chi connectivity index (χ0n) is 14.5. The molecule has 0 aliphatic rings. The first-order valence-corrected chi connectivity index (χ1v) is 9.25. The number of carbonyl (C=O) groups is 1. The first kappa shape index (κ1) is 22.9. The third kappa shape index (κ3) is 8.03. The van der Waals surface area contributed by atoms with Crippen LogP contribution in [0.5, 0.6) is 5.75 Å². The minimum absolute atomic E-state index is 0.0252. The lowest BCUT2D eigenvalue weighted by molar-refractivity contribution is -0.274. The number of aliphatic carboxylic acids is 1. The van der Waals surface area contributed by atoms with Crippen molar-refractivity contribution in [1.29, 1.82) is 0 Å². The molecular formula is C16H21ClF3NO4S. The van der Waals surface area contributed by atoms with Gasteiger partial charge in [0.1, 0.15) is 10.5 Å². The van der Waals surface area contributed by atoms with Gasteiger partial charge in [0.05, 0.1) is 12.5 Å². The largest absolute Gasteiger partial charge is 0.598 e. The Labute approximate surface area is 158 Å². The summed E-state index contributed by atoms with van der Waals surface area (Å²) >= 11 is 4.46. The zero-order valence-corrected chi connectivity index (χ0v) is 16.1. The highest BCUT2D eigenvalue weighted by molar-refractivity contribution is 7.90. The van der Waals surface area contributed by atoms with Gasteiger partial charge in [-0.2, -0.15) is 0 Å². The summed E-state index contributed by atoms with van der Waals surface area (Å²) in [5.74, 6) is -1.55. The van der Waals surface area contributed by atoms with Crippen LogP contribution in [-0.4, -0.2) is 32.8 Å². The van der Waals surface area contributed by atoms with Gasteiger partial charge in [0, 0.05) is 21.9 Å². The molecule has 10 heteroatoms. The lowest BCUT2D eigenvalue weighted by Gasteiger charge is -2.27. The van der Waals surface area contributed by atoms with E-state index in [0.29, 0.717) is 0 Å². The minimum atomic E-state index is -4.87. The van der Waals surface area contributed by atoms with Gasteiger partial charge < -0.3 is 14.4 Å². The number of nitrogens with one attached hydrogen (secondary N) is 1. The first-order valence-electron chi connectivity index (χ1n) is 7.72. The number of carboxylic acids is 1. The van der Waals surface area contributed by atoms with E-state index in [1.807, 2.05) is 0 Å². The molecule has 0 aromatic heterocycles. The summed E-state index contributed by atoms with van der Waals surface area (Å²) in [4.78, 5) is 11.0. The van der Waals surface area contributed by atoms with Gasteiger partial charge in [-0.3, -0.25) is 4.79 Å². The molecule has 0 aliphatic heterocycles. The smallest absolute Gasteiger partial charge is 0.573 e. The van der Waals surface area contributed by atoms with Crippen molar-refractivity contribution in [3.8, 4) is 5.75 Å². The van der Waals surface area contributed by atoms with Gasteiger partial charge in [-0.15, -0.1) is 17.9 Å². The molecule has 148 valence electrons. The van der Waals surface area contributed by atoms with E-state index in [-0.39, 0.29) is 29.8 Å². The van der Waals surface area contributed by atoms with Gasteiger partial charge >= 0.3 is 12.3 Å². The number of hydrogen-bond donors (Lipinski definition) is 2. The molecule has 2 N–H and O–H groups in total. The number of alkyl halides is 3. The number of hydrogen-bond acceptors (Lipinski definition) is 4. The van der Waals surface area contributed by atoms with Gasteiger partial charge in [0.2, 0.25) is 0 Å². The Bertz CT molecular complexity index is 622. The van der Waals surface area contributed by atoms with E-state index in [4.69, 9.17) is 16.7 Å². The van der Waals surface area contributed by atoms with E-state index in [2.05, 4.69) is 9.46 Å². The second-order valence-electron chi connectivity index (χ2n) is 6.60. The fourth-order valence-corrected chi connectivity index (χ4v) is 3.18. The normalized spacial score (nSPS) is 14.8. The van der Waals surface area contributed by atoms with Crippen LogP contribution in [-0.2, 0) is 22.6 Å². The van der Waals surface area contributed by atoms with E-state index >= 15 is 0 Å². The highest BCUT2D eigenvalue weighted by Gasteiger charge is 2.33. The average molecular weight is 416 g/mol. The summed E-state index contributed by atoms with van der Waals surface area (Å²) in [6, 6.07) is 3.19. The SMILES string of the molecule is CC(C)(C)[S@+]([O-])N[C@H](CCc1c(Cl)cccc1OC(F)(F)F)CC(=O)O. The maximum absolute atomic E-state index is 12.5. The Morgan fingerprint density at radius 1 is 1.38 bits per heavy atom. The molecule has 0 spiro atoms. The molecule has 0 aliphatic carbocycles. The van der Waals surface area contributed by atoms with E-state index in [1.165, 1.54) is 12.1 Å². The second kappa shape index (κ2) is 9.16. The summed E-state index contributed by atoms with van der Waals surface area (Å²) in [5.41, 5.74) is 0.116. The molecule has 0 fully saturated rings. The van der Waals surface area contributed by atoms with Crippen molar-refractivity contribution >= 4 is 28.9 Å². The minimum Gasteiger partial charge on any atom is -0.598 e. The number of benzene rings is 1. The molecule has 0 saturated heterocycles. The highest BCUT2D eigenvalue weighted by atomic mass is 35.5. The maximum Gasteiger partial charge on any atom is 0.573 e. The number of ether oxygens (including phenoxy) is 1. The molecular weight excluding hydrogens is 395 g/mol. The number of rotatable bonds is 8. The molecule has 2 atom stereocenters. The monoisotopic (exact) mass is 415 g/mol. The van der Waals surface area contributed by atoms with Gasteiger partial charge in [0.25, 0.3) is 0 Å². The van der Waals surface area contributed by atoms with Gasteiger partial charge in [-0.05, 0) is 45.7 Å². The Morgan fingerprint density at radius 3 is 2.50 bits per heavy atom. The Kier molecular flexibility index (Phi) is 8.06. The predicted octanol–water partition coefficient (Wildman–Crippen LogP) is 4.07. The fraction of sp³-hybridized carbons (Fsp3) is 0.562. The molecule has 26 heavy (non-hydrogen) atoms. The molecule has 0 saturated carbocycles. The van der Waals surface area contributed by atoms with Gasteiger partial charge in [-0.25, -0.2) is 0 Å². The summed E-state index contributed by atoms with van der Waals surface area (Å²) < 4.78 is 55.9. The quantitative estimate of drug-likeness (QED) is 0.625. The topological polar surface area (TPSA) is 81.6 Å². The fourth-order valence-electron chi connectivity index (χ4n) is 2.06. The van der Waals surface area contributed by atoms with Crippen molar-refractivity contribution in [1.82, 2.24) is 4.72 Å². The standard InChI is InChI=1S/C16H21ClF3NO4S/c1-15(2,3)26(24)21-10(9-14(22)23)7-8-11-12(17)5-4-6-13(11)25-16(18,19)20/h4-6,10,21H,7-9H2,1-3H3,(H,22,23)/t10-,26+/m1/s1. The van der Waals surface area contributed by atoms with Crippen molar-refractivity contribution in [2.45, 2.75) is 57.2 Å². The predicted molar refractivity (Wildman–Crippen MR) is 93.5 cm³/mol. The summed E-state index contributed by atoms with van der Waals surface area (Å²) in [6.45, 7) is 5.16. The zero-order chi connectivity index (χ0) is 20.1. The van der Waals surface area contributed by atoms with Crippen LogP contribution in [0.3, 0.4) is 0 Å². The Morgan fingerprint density at radius 2 is 2.00 bits per heavy atom. The molecule has 0 unspecified atom stereocenters. The highest BCUT2D eigenvalue weighted by Crippen LogP contribution is 2.32. The first-order chi connectivity index (χ1) is 11.8. The molecule has 0 heterocycles. The van der Waals surface area contributed by atoms with Crippen LogP contribution in [0.2, 0.25) is 5.02 Å². The van der Waals surface area contributed by atoms with Crippen molar-refractivity contribution in [3.05, 3.63) is 28.8 Å². The number of carboxylic acid groups (broad SMARTS) is 1. The molecule has 0 amide bonds. The molecule has 5 nitrogen and oxygen atoms in total.